The van der Waals surface area contributed by atoms with Crippen molar-refractivity contribution in [1.29, 1.82) is 0 Å². The number of esters is 1. The minimum Gasteiger partial charge on any atom is -0.459 e. The Balaban J connectivity index is 1.55. The van der Waals surface area contributed by atoms with Crippen molar-refractivity contribution >= 4 is 17.6 Å². The molecule has 0 atom stereocenters. The van der Waals surface area contributed by atoms with Crippen LogP contribution in [0, 0.1) is 6.92 Å². The van der Waals surface area contributed by atoms with Crippen LogP contribution in [0.1, 0.15) is 50.6 Å². The fourth-order valence-electron chi connectivity index (χ4n) is 4.63. The van der Waals surface area contributed by atoms with Gasteiger partial charge in [-0.1, -0.05) is 30.3 Å². The summed E-state index contributed by atoms with van der Waals surface area (Å²) >= 11 is 0. The van der Waals surface area contributed by atoms with Crippen molar-refractivity contribution in [3.05, 3.63) is 59.4 Å². The number of likely N-dealkylation sites (tertiary alicyclic amines) is 1. The van der Waals surface area contributed by atoms with Gasteiger partial charge in [-0.25, -0.2) is 0 Å². The Morgan fingerprint density at radius 2 is 1.77 bits per heavy atom. The number of aromatic nitrogens is 1. The van der Waals surface area contributed by atoms with Crippen LogP contribution in [-0.2, 0) is 26.3 Å². The molecule has 2 aromatic rings. The van der Waals surface area contributed by atoms with Crippen LogP contribution in [0.4, 0.5) is 5.69 Å². The first-order valence-corrected chi connectivity index (χ1v) is 11.0. The van der Waals surface area contributed by atoms with E-state index in [0.717, 1.165) is 36.7 Å². The van der Waals surface area contributed by atoms with Crippen LogP contribution in [0.15, 0.2) is 42.5 Å². The lowest BCUT2D eigenvalue weighted by molar-refractivity contribution is -0.153. The van der Waals surface area contributed by atoms with E-state index in [9.17, 15) is 9.59 Å². The third kappa shape index (κ3) is 4.35. The summed E-state index contributed by atoms with van der Waals surface area (Å²) in [4.78, 5) is 35.0. The summed E-state index contributed by atoms with van der Waals surface area (Å²) < 4.78 is 5.48. The van der Waals surface area contributed by atoms with Crippen molar-refractivity contribution in [3.8, 4) is 0 Å². The summed E-state index contributed by atoms with van der Waals surface area (Å²) in [5.74, 6) is -0.420. The Kier molecular flexibility index (Phi) is 5.60. The Hall–Kier alpha value is -2.73. The molecule has 0 radical (unpaired) electrons. The molecule has 164 valence electrons. The Morgan fingerprint density at radius 3 is 2.42 bits per heavy atom. The van der Waals surface area contributed by atoms with Gasteiger partial charge in [-0.3, -0.25) is 24.4 Å². The lowest BCUT2D eigenvalue weighted by atomic mass is 9.76. The van der Waals surface area contributed by atoms with E-state index in [1.165, 1.54) is 5.56 Å². The van der Waals surface area contributed by atoms with Crippen LogP contribution in [0.2, 0.25) is 0 Å². The summed E-state index contributed by atoms with van der Waals surface area (Å²) in [6.45, 7) is 9.87. The van der Waals surface area contributed by atoms with E-state index in [1.54, 1.807) is 4.90 Å². The van der Waals surface area contributed by atoms with Gasteiger partial charge < -0.3 is 4.74 Å². The van der Waals surface area contributed by atoms with Crippen molar-refractivity contribution in [2.24, 2.45) is 0 Å². The van der Waals surface area contributed by atoms with Crippen LogP contribution in [0.5, 0.6) is 0 Å². The first kappa shape index (κ1) is 21.5. The number of ether oxygens (including phenoxy) is 1. The number of rotatable bonds is 4. The maximum Gasteiger partial charge on any atom is 0.326 e. The molecule has 6 nitrogen and oxygen atoms in total. The van der Waals surface area contributed by atoms with Crippen LogP contribution >= 0.6 is 0 Å². The third-order valence-corrected chi connectivity index (χ3v) is 6.08. The number of fused-ring (bicyclic) bond motifs is 2. The molecule has 0 aliphatic carbocycles. The molecule has 1 aromatic heterocycles. The van der Waals surface area contributed by atoms with Crippen LogP contribution in [0.25, 0.3) is 0 Å². The molecule has 0 saturated carbocycles. The molecule has 2 aliphatic heterocycles. The van der Waals surface area contributed by atoms with Crippen LogP contribution in [-0.4, -0.2) is 47.0 Å². The minimum absolute atomic E-state index is 0.0224. The van der Waals surface area contributed by atoms with Crippen LogP contribution < -0.4 is 4.90 Å². The second-order valence-corrected chi connectivity index (χ2v) is 9.64. The molecule has 0 bridgehead atoms. The molecule has 3 heterocycles. The summed E-state index contributed by atoms with van der Waals surface area (Å²) in [6, 6.07) is 14.2. The van der Waals surface area contributed by atoms with Gasteiger partial charge >= 0.3 is 5.97 Å². The number of piperidine rings is 1. The first-order chi connectivity index (χ1) is 14.7. The standard InChI is InChI=1S/C25H31N3O3/c1-18-10-11-20-22(26-18)25(23(30)28(20)17-21(29)31-24(2,3)4)12-14-27(15-13-25)16-19-8-6-5-7-9-19/h5-11H,12-17H2,1-4H3. The van der Waals surface area contributed by atoms with Gasteiger partial charge in [-0.05, 0) is 71.3 Å². The van der Waals surface area contributed by atoms with Gasteiger partial charge in [0.25, 0.3) is 0 Å². The monoisotopic (exact) mass is 421 g/mol. The highest BCUT2D eigenvalue weighted by Gasteiger charge is 2.53. The number of hydrogen-bond donors (Lipinski definition) is 0. The number of hydrogen-bond acceptors (Lipinski definition) is 5. The maximum atomic E-state index is 13.7. The number of carbonyl (C=O) groups is 2. The minimum atomic E-state index is -0.656. The van der Waals surface area contributed by atoms with Gasteiger partial charge in [0.1, 0.15) is 12.1 Å². The molecule has 4 rings (SSSR count). The quantitative estimate of drug-likeness (QED) is 0.706. The van der Waals surface area contributed by atoms with E-state index in [2.05, 4.69) is 29.2 Å². The number of anilines is 1. The predicted octanol–water partition coefficient (Wildman–Crippen LogP) is 3.61. The molecule has 1 saturated heterocycles. The summed E-state index contributed by atoms with van der Waals surface area (Å²) in [7, 11) is 0. The number of nitrogens with zero attached hydrogens (tertiary/aromatic N) is 3. The zero-order valence-corrected chi connectivity index (χ0v) is 18.9. The van der Waals surface area contributed by atoms with E-state index >= 15 is 0 Å². The molecule has 6 heteroatoms. The second-order valence-electron chi connectivity index (χ2n) is 9.64. The fourth-order valence-corrected chi connectivity index (χ4v) is 4.63. The summed E-state index contributed by atoms with van der Waals surface area (Å²) in [6.07, 6.45) is 1.40. The van der Waals surface area contributed by atoms with E-state index < -0.39 is 17.0 Å². The fraction of sp³-hybridized carbons (Fsp3) is 0.480. The van der Waals surface area contributed by atoms with E-state index in [1.807, 2.05) is 45.9 Å². The number of pyridine rings is 1. The molecule has 1 spiro atoms. The number of benzene rings is 1. The molecular formula is C25H31N3O3. The normalized spacial score (nSPS) is 18.3. The van der Waals surface area contributed by atoms with Crippen molar-refractivity contribution < 1.29 is 14.3 Å². The first-order valence-electron chi connectivity index (χ1n) is 11.0. The SMILES string of the molecule is Cc1ccc2c(n1)C1(CCN(Cc3ccccc3)CC1)C(=O)N2CC(=O)OC(C)(C)C. The predicted molar refractivity (Wildman–Crippen MR) is 120 cm³/mol. The van der Waals surface area contributed by atoms with Gasteiger partial charge in [-0.2, -0.15) is 0 Å². The second kappa shape index (κ2) is 8.08. The summed E-state index contributed by atoms with van der Waals surface area (Å²) in [5.41, 5.74) is 2.48. The molecule has 1 aromatic carbocycles. The van der Waals surface area contributed by atoms with Crippen molar-refractivity contribution in [2.75, 3.05) is 24.5 Å². The third-order valence-electron chi connectivity index (χ3n) is 6.08. The van der Waals surface area contributed by atoms with Gasteiger partial charge in [0.05, 0.1) is 16.8 Å². The highest BCUT2D eigenvalue weighted by atomic mass is 16.6. The number of aryl methyl sites for hydroxylation is 1. The van der Waals surface area contributed by atoms with Gasteiger partial charge in [0, 0.05) is 12.2 Å². The lowest BCUT2D eigenvalue weighted by Gasteiger charge is -2.38. The molecule has 31 heavy (non-hydrogen) atoms. The van der Waals surface area contributed by atoms with E-state index in [4.69, 9.17) is 9.72 Å². The molecule has 1 amide bonds. The topological polar surface area (TPSA) is 62.7 Å². The Bertz CT molecular complexity index is 973. The molecular weight excluding hydrogens is 390 g/mol. The highest BCUT2D eigenvalue weighted by Crippen LogP contribution is 2.47. The average Bonchev–Trinajstić information content (AvgIpc) is 2.91. The van der Waals surface area contributed by atoms with Crippen LogP contribution in [0.3, 0.4) is 0 Å². The zero-order valence-electron chi connectivity index (χ0n) is 18.9. The highest BCUT2D eigenvalue weighted by molar-refractivity contribution is 6.09. The average molecular weight is 422 g/mol. The lowest BCUT2D eigenvalue weighted by Crippen LogP contribution is -2.49. The molecule has 2 aliphatic rings. The Labute approximate surface area is 184 Å². The van der Waals surface area contributed by atoms with Crippen molar-refractivity contribution in [3.63, 3.8) is 0 Å². The van der Waals surface area contributed by atoms with Gasteiger partial charge in [0.15, 0.2) is 0 Å². The smallest absolute Gasteiger partial charge is 0.326 e. The largest absolute Gasteiger partial charge is 0.459 e. The van der Waals surface area contributed by atoms with Gasteiger partial charge in [-0.15, -0.1) is 0 Å². The number of amides is 1. The molecule has 1 fully saturated rings. The summed E-state index contributed by atoms with van der Waals surface area (Å²) in [5, 5.41) is 0. The van der Waals surface area contributed by atoms with E-state index in [-0.39, 0.29) is 12.5 Å². The molecule has 0 unspecified atom stereocenters. The van der Waals surface area contributed by atoms with Crippen molar-refractivity contribution in [2.45, 2.75) is 58.1 Å². The van der Waals surface area contributed by atoms with E-state index in [0.29, 0.717) is 12.8 Å². The zero-order chi connectivity index (χ0) is 22.2. The Morgan fingerprint density at radius 1 is 1.10 bits per heavy atom. The number of carbonyl (C=O) groups excluding carboxylic acids is 2. The molecule has 0 N–H and O–H groups in total. The maximum absolute atomic E-state index is 13.7. The van der Waals surface area contributed by atoms with Crippen molar-refractivity contribution in [1.82, 2.24) is 9.88 Å². The van der Waals surface area contributed by atoms with Gasteiger partial charge in [0.2, 0.25) is 5.91 Å².